The molecule has 0 saturated carbocycles. The quantitative estimate of drug-likeness (QED) is 0.0222. The van der Waals surface area contributed by atoms with Crippen LogP contribution in [0.2, 0.25) is 0 Å². The molecule has 92 heavy (non-hydrogen) atoms. The molecule has 19 heteroatoms. The number of carbonyl (C=O) groups excluding carboxylic acids is 4. The van der Waals surface area contributed by atoms with Crippen LogP contribution in [0.25, 0.3) is 0 Å². The summed E-state index contributed by atoms with van der Waals surface area (Å²) in [7, 11) is -9.90. The molecule has 0 bridgehead atoms. The fraction of sp³-hybridized carbons (Fsp3) is 0.945. The molecule has 0 amide bonds. The zero-order chi connectivity index (χ0) is 68.2. The van der Waals surface area contributed by atoms with Crippen molar-refractivity contribution < 1.29 is 80.2 Å². The minimum absolute atomic E-state index is 0.104. The predicted octanol–water partition coefficient (Wildman–Crippen LogP) is 20.9. The summed E-state index contributed by atoms with van der Waals surface area (Å²) in [5.41, 5.74) is 0. The van der Waals surface area contributed by atoms with Crippen LogP contribution >= 0.6 is 15.6 Å². The summed E-state index contributed by atoms with van der Waals surface area (Å²) in [6, 6.07) is 0. The summed E-state index contributed by atoms with van der Waals surface area (Å²) in [6.45, 7) is 14.1. The Morgan fingerprint density at radius 1 is 0.304 bits per heavy atom. The smallest absolute Gasteiger partial charge is 0.462 e. The average Bonchev–Trinajstić information content (AvgIpc) is 2.32. The number of aliphatic hydroxyl groups is 1. The van der Waals surface area contributed by atoms with Crippen molar-refractivity contribution in [3.05, 3.63) is 0 Å². The van der Waals surface area contributed by atoms with E-state index in [4.69, 9.17) is 37.0 Å². The highest BCUT2D eigenvalue weighted by Crippen LogP contribution is 2.45. The van der Waals surface area contributed by atoms with Gasteiger partial charge >= 0.3 is 39.5 Å². The zero-order valence-corrected chi connectivity index (χ0v) is 62.0. The Balaban J connectivity index is 5.16. The van der Waals surface area contributed by atoms with E-state index < -0.39 is 97.5 Å². The maximum absolute atomic E-state index is 13.0. The fourth-order valence-corrected chi connectivity index (χ4v) is 12.6. The number of phosphoric acid groups is 2. The van der Waals surface area contributed by atoms with Gasteiger partial charge < -0.3 is 33.8 Å². The Morgan fingerprint density at radius 2 is 0.522 bits per heavy atom. The molecule has 0 fully saturated rings. The second kappa shape index (κ2) is 62.6. The molecule has 0 heterocycles. The number of rotatable bonds is 70. The normalized spacial score (nSPS) is 14.5. The van der Waals surface area contributed by atoms with Crippen molar-refractivity contribution in [2.24, 2.45) is 23.7 Å². The van der Waals surface area contributed by atoms with Gasteiger partial charge in [0.05, 0.1) is 26.4 Å². The standard InChI is InChI=1S/C73H142O17P2/c1-9-66(8)52-44-36-27-22-23-29-40-48-56-73(78)90-68(59-83-70(75)53-45-37-30-24-26-34-42-50-64(4)5)61-87-91(79,80)85-57-67(74)58-86-92(81,82)88-62-69(60-84-71(76)54-46-38-32-31-35-43-51-65(6)7)89-72(77)55-47-39-28-21-19-17-15-13-11-10-12-14-16-18-20-25-33-41-49-63(2)3/h63-69,74H,9-62H2,1-8H3,(H,79,80)(H,81,82)/t66?,67?,68-,69-/m1/s1. The minimum atomic E-state index is -4.95. The molecular formula is C73H142O17P2. The van der Waals surface area contributed by atoms with Gasteiger partial charge in [0.2, 0.25) is 0 Å². The molecule has 0 radical (unpaired) electrons. The Morgan fingerprint density at radius 3 is 0.772 bits per heavy atom. The van der Waals surface area contributed by atoms with Crippen LogP contribution in [0.15, 0.2) is 0 Å². The van der Waals surface area contributed by atoms with Crippen LogP contribution in [0.5, 0.6) is 0 Å². The highest BCUT2D eigenvalue weighted by atomic mass is 31.2. The van der Waals surface area contributed by atoms with Crippen LogP contribution in [0, 0.1) is 23.7 Å². The lowest BCUT2D eigenvalue weighted by molar-refractivity contribution is -0.161. The van der Waals surface area contributed by atoms with E-state index in [1.54, 1.807) is 0 Å². The van der Waals surface area contributed by atoms with Gasteiger partial charge in [0.15, 0.2) is 12.2 Å². The summed E-state index contributed by atoms with van der Waals surface area (Å²) in [5, 5.41) is 10.6. The summed E-state index contributed by atoms with van der Waals surface area (Å²) >= 11 is 0. The van der Waals surface area contributed by atoms with Gasteiger partial charge in [0.1, 0.15) is 19.3 Å². The summed E-state index contributed by atoms with van der Waals surface area (Å²) < 4.78 is 68.3. The first-order valence-corrected chi connectivity index (χ1v) is 40.7. The third-order valence-electron chi connectivity index (χ3n) is 17.2. The largest absolute Gasteiger partial charge is 0.472 e. The minimum Gasteiger partial charge on any atom is -0.462 e. The van der Waals surface area contributed by atoms with Gasteiger partial charge in [0.25, 0.3) is 0 Å². The molecule has 0 aromatic heterocycles. The molecule has 17 nitrogen and oxygen atoms in total. The van der Waals surface area contributed by atoms with Crippen molar-refractivity contribution in [1.82, 2.24) is 0 Å². The number of esters is 4. The summed E-state index contributed by atoms with van der Waals surface area (Å²) in [4.78, 5) is 72.6. The first-order chi connectivity index (χ1) is 44.1. The van der Waals surface area contributed by atoms with Crippen LogP contribution in [-0.2, 0) is 65.4 Å². The van der Waals surface area contributed by atoms with E-state index in [0.717, 1.165) is 115 Å². The maximum Gasteiger partial charge on any atom is 0.472 e. The van der Waals surface area contributed by atoms with E-state index in [0.29, 0.717) is 37.5 Å². The van der Waals surface area contributed by atoms with Gasteiger partial charge in [-0.15, -0.1) is 0 Å². The molecule has 0 aromatic carbocycles. The molecule has 6 atom stereocenters. The Hall–Kier alpha value is -1.94. The molecule has 546 valence electrons. The molecule has 4 unspecified atom stereocenters. The van der Waals surface area contributed by atoms with Gasteiger partial charge in [-0.3, -0.25) is 37.3 Å². The van der Waals surface area contributed by atoms with E-state index in [9.17, 15) is 43.2 Å². The number of hydrogen-bond donors (Lipinski definition) is 3. The second-order valence-electron chi connectivity index (χ2n) is 28.0. The highest BCUT2D eigenvalue weighted by molar-refractivity contribution is 7.47. The molecule has 0 aliphatic carbocycles. The van der Waals surface area contributed by atoms with Crippen LogP contribution in [0.4, 0.5) is 0 Å². The number of phosphoric ester groups is 2. The van der Waals surface area contributed by atoms with E-state index in [2.05, 4.69) is 55.4 Å². The number of hydrogen-bond acceptors (Lipinski definition) is 15. The van der Waals surface area contributed by atoms with Crippen molar-refractivity contribution >= 4 is 39.5 Å². The van der Waals surface area contributed by atoms with Crippen molar-refractivity contribution in [3.63, 3.8) is 0 Å². The molecule has 0 spiro atoms. The third-order valence-corrected chi connectivity index (χ3v) is 19.1. The monoisotopic (exact) mass is 1350 g/mol. The van der Waals surface area contributed by atoms with Gasteiger partial charge in [-0.2, -0.15) is 0 Å². The summed E-state index contributed by atoms with van der Waals surface area (Å²) in [6.07, 6.45) is 46.2. The molecule has 0 aliphatic heterocycles. The fourth-order valence-electron chi connectivity index (χ4n) is 11.0. The van der Waals surface area contributed by atoms with Gasteiger partial charge in [-0.1, -0.05) is 312 Å². The van der Waals surface area contributed by atoms with Crippen molar-refractivity contribution in [2.45, 2.75) is 382 Å². The number of aliphatic hydroxyl groups excluding tert-OH is 1. The number of ether oxygens (including phenoxy) is 4. The lowest BCUT2D eigenvalue weighted by atomic mass is 9.99. The van der Waals surface area contributed by atoms with Crippen LogP contribution < -0.4 is 0 Å². The van der Waals surface area contributed by atoms with E-state index >= 15 is 0 Å². The molecule has 0 aliphatic rings. The second-order valence-corrected chi connectivity index (χ2v) is 30.9. The first kappa shape index (κ1) is 90.1. The molecule has 3 N–H and O–H groups in total. The van der Waals surface area contributed by atoms with Gasteiger partial charge in [-0.25, -0.2) is 9.13 Å². The maximum atomic E-state index is 13.0. The SMILES string of the molecule is CCC(C)CCCCCCCCCCC(=O)O[C@H](COC(=O)CCCCCCCCCC(C)C)COP(=O)(O)OCC(O)COP(=O)(O)OC[C@@H](COC(=O)CCCCCCCCC(C)C)OC(=O)CCCCCCCCCCCCCCCCCCCCC(C)C. The highest BCUT2D eigenvalue weighted by Gasteiger charge is 2.30. The summed E-state index contributed by atoms with van der Waals surface area (Å²) in [5.74, 6) is 0.844. The first-order valence-electron chi connectivity index (χ1n) is 37.7. The van der Waals surface area contributed by atoms with Gasteiger partial charge in [-0.05, 0) is 49.4 Å². The van der Waals surface area contributed by atoms with Crippen molar-refractivity contribution in [1.29, 1.82) is 0 Å². The zero-order valence-electron chi connectivity index (χ0n) is 60.2. The van der Waals surface area contributed by atoms with Gasteiger partial charge in [0, 0.05) is 25.7 Å². The average molecular weight is 1350 g/mol. The van der Waals surface area contributed by atoms with E-state index in [1.807, 2.05) is 0 Å². The molecule has 0 aromatic rings. The number of unbranched alkanes of at least 4 members (excludes halogenated alkanes) is 35. The molecule has 0 rings (SSSR count). The van der Waals surface area contributed by atoms with Crippen LogP contribution in [0.1, 0.15) is 364 Å². The Labute approximate surface area is 562 Å². The predicted molar refractivity (Wildman–Crippen MR) is 372 cm³/mol. The topological polar surface area (TPSA) is 237 Å². The lowest BCUT2D eigenvalue weighted by Gasteiger charge is -2.21. The Kier molecular flexibility index (Phi) is 61.3. The van der Waals surface area contributed by atoms with Crippen molar-refractivity contribution in [3.8, 4) is 0 Å². The number of carbonyl (C=O) groups is 4. The lowest BCUT2D eigenvalue weighted by Crippen LogP contribution is -2.30. The molecular weight excluding hydrogens is 1210 g/mol. The van der Waals surface area contributed by atoms with Crippen LogP contribution in [-0.4, -0.2) is 96.7 Å². The Bertz CT molecular complexity index is 1820. The van der Waals surface area contributed by atoms with E-state index in [-0.39, 0.29) is 25.7 Å². The third kappa shape index (κ3) is 65.4. The molecule has 0 saturated heterocycles. The van der Waals surface area contributed by atoms with Crippen molar-refractivity contribution in [2.75, 3.05) is 39.6 Å². The van der Waals surface area contributed by atoms with Crippen LogP contribution in [0.3, 0.4) is 0 Å². The van der Waals surface area contributed by atoms with E-state index in [1.165, 1.54) is 154 Å².